The van der Waals surface area contributed by atoms with Crippen molar-refractivity contribution >= 4 is 0 Å². The lowest BCUT2D eigenvalue weighted by Gasteiger charge is -2.17. The van der Waals surface area contributed by atoms with Gasteiger partial charge in [-0.25, -0.2) is 8.78 Å². The zero-order valence-electron chi connectivity index (χ0n) is 9.23. The quantitative estimate of drug-likeness (QED) is 0.772. The van der Waals surface area contributed by atoms with E-state index in [1.165, 1.54) is 20.3 Å². The van der Waals surface area contributed by atoms with Crippen molar-refractivity contribution in [3.05, 3.63) is 23.3 Å². The Balaban J connectivity index is 3.36. The Labute approximate surface area is 87.8 Å². The number of aryl methyl sites for hydroxylation is 1. The maximum atomic E-state index is 13.2. The maximum absolute atomic E-state index is 13.2. The summed E-state index contributed by atoms with van der Waals surface area (Å²) in [6.45, 7) is 2.61. The van der Waals surface area contributed by atoms with Crippen LogP contribution in [0.4, 0.5) is 8.78 Å². The van der Waals surface area contributed by atoms with Crippen molar-refractivity contribution in [2.75, 3.05) is 14.2 Å². The largest absolute Gasteiger partial charge is 0.496 e. The Morgan fingerprint density at radius 3 is 2.00 bits per heavy atom. The summed E-state index contributed by atoms with van der Waals surface area (Å²) >= 11 is 0. The van der Waals surface area contributed by atoms with E-state index in [4.69, 9.17) is 9.47 Å². The zero-order valence-corrected chi connectivity index (χ0v) is 9.23. The molecule has 0 amide bonds. The van der Waals surface area contributed by atoms with Crippen molar-refractivity contribution in [3.63, 3.8) is 0 Å². The maximum Gasteiger partial charge on any atom is 0.274 e. The van der Waals surface area contributed by atoms with Crippen LogP contribution >= 0.6 is 0 Å². The van der Waals surface area contributed by atoms with Crippen LogP contribution in [-0.2, 0) is 5.92 Å². The van der Waals surface area contributed by atoms with Crippen LogP contribution in [0.5, 0.6) is 11.5 Å². The molecule has 0 bridgehead atoms. The molecule has 0 unspecified atom stereocenters. The molecule has 0 aromatic heterocycles. The molecule has 0 saturated carbocycles. The van der Waals surface area contributed by atoms with E-state index < -0.39 is 5.92 Å². The molecule has 15 heavy (non-hydrogen) atoms. The lowest BCUT2D eigenvalue weighted by Crippen LogP contribution is -2.10. The zero-order chi connectivity index (χ0) is 11.6. The van der Waals surface area contributed by atoms with E-state index in [-0.39, 0.29) is 11.3 Å². The highest BCUT2D eigenvalue weighted by Gasteiger charge is 2.29. The Kier molecular flexibility index (Phi) is 3.17. The van der Waals surface area contributed by atoms with Gasteiger partial charge in [0.15, 0.2) is 0 Å². The fraction of sp³-hybridized carbons (Fsp3) is 0.455. The normalized spacial score (nSPS) is 11.3. The molecule has 0 saturated heterocycles. The van der Waals surface area contributed by atoms with Crippen LogP contribution in [0.25, 0.3) is 0 Å². The first kappa shape index (κ1) is 11.8. The smallest absolute Gasteiger partial charge is 0.274 e. The SMILES string of the molecule is COc1cc(C(C)(F)F)c(OC)cc1C. The molecule has 0 aliphatic rings. The predicted octanol–water partition coefficient (Wildman–Crippen LogP) is 3.12. The van der Waals surface area contributed by atoms with Crippen molar-refractivity contribution in [1.82, 2.24) is 0 Å². The summed E-state index contributed by atoms with van der Waals surface area (Å²) in [7, 11) is 2.82. The fourth-order valence-electron chi connectivity index (χ4n) is 1.39. The van der Waals surface area contributed by atoms with Crippen LogP contribution in [0, 0.1) is 6.92 Å². The molecule has 1 rings (SSSR count). The lowest BCUT2D eigenvalue weighted by atomic mass is 10.1. The van der Waals surface area contributed by atoms with E-state index in [1.54, 1.807) is 13.0 Å². The number of hydrogen-bond acceptors (Lipinski definition) is 2. The van der Waals surface area contributed by atoms with E-state index in [9.17, 15) is 8.78 Å². The molecular weight excluding hydrogens is 202 g/mol. The first-order valence-corrected chi connectivity index (χ1v) is 4.51. The average molecular weight is 216 g/mol. The number of alkyl halides is 2. The van der Waals surface area contributed by atoms with Crippen molar-refractivity contribution in [3.8, 4) is 11.5 Å². The van der Waals surface area contributed by atoms with E-state index in [2.05, 4.69) is 0 Å². The van der Waals surface area contributed by atoms with Crippen molar-refractivity contribution in [2.24, 2.45) is 0 Å². The van der Waals surface area contributed by atoms with Crippen LogP contribution < -0.4 is 9.47 Å². The van der Waals surface area contributed by atoms with Crippen molar-refractivity contribution in [1.29, 1.82) is 0 Å². The highest BCUT2D eigenvalue weighted by Crippen LogP contribution is 2.38. The van der Waals surface area contributed by atoms with Gasteiger partial charge in [0.05, 0.1) is 19.8 Å². The number of rotatable bonds is 3. The Morgan fingerprint density at radius 1 is 1.07 bits per heavy atom. The van der Waals surface area contributed by atoms with Gasteiger partial charge < -0.3 is 9.47 Å². The van der Waals surface area contributed by atoms with Gasteiger partial charge in [-0.3, -0.25) is 0 Å². The number of halogens is 2. The molecule has 0 N–H and O–H groups in total. The van der Waals surface area contributed by atoms with Crippen molar-refractivity contribution in [2.45, 2.75) is 19.8 Å². The minimum Gasteiger partial charge on any atom is -0.496 e. The van der Waals surface area contributed by atoms with Crippen LogP contribution in [0.3, 0.4) is 0 Å². The Bertz CT molecular complexity index is 356. The molecule has 0 fully saturated rings. The average Bonchev–Trinajstić information content (AvgIpc) is 2.15. The molecule has 0 aliphatic carbocycles. The van der Waals surface area contributed by atoms with Crippen LogP contribution in [0.2, 0.25) is 0 Å². The van der Waals surface area contributed by atoms with Gasteiger partial charge in [-0.1, -0.05) is 0 Å². The van der Waals surface area contributed by atoms with Crippen LogP contribution in [0.1, 0.15) is 18.1 Å². The number of methoxy groups -OCH3 is 2. The summed E-state index contributed by atoms with van der Waals surface area (Å²) in [4.78, 5) is 0. The highest BCUT2D eigenvalue weighted by molar-refractivity contribution is 5.47. The first-order chi connectivity index (χ1) is 6.90. The minimum absolute atomic E-state index is 0.160. The van der Waals surface area contributed by atoms with Gasteiger partial charge in [0.1, 0.15) is 11.5 Å². The summed E-state index contributed by atoms with van der Waals surface area (Å²) < 4.78 is 36.3. The summed E-state index contributed by atoms with van der Waals surface area (Å²) in [6.07, 6.45) is 0. The molecule has 4 heteroatoms. The van der Waals surface area contributed by atoms with Gasteiger partial charge in [-0.05, 0) is 24.6 Å². The predicted molar refractivity (Wildman–Crippen MR) is 53.9 cm³/mol. The Hall–Kier alpha value is -1.32. The van der Waals surface area contributed by atoms with Gasteiger partial charge in [0, 0.05) is 6.92 Å². The fourth-order valence-corrected chi connectivity index (χ4v) is 1.39. The third-order valence-corrected chi connectivity index (χ3v) is 2.19. The summed E-state index contributed by atoms with van der Waals surface area (Å²) in [6, 6.07) is 2.86. The standard InChI is InChI=1S/C11H14F2O2/c1-7-5-10(15-4)8(11(2,12)13)6-9(7)14-3/h5-6H,1-4H3. The second kappa shape index (κ2) is 4.04. The summed E-state index contributed by atoms with van der Waals surface area (Å²) in [5.41, 5.74) is 0.606. The molecule has 0 aliphatic heterocycles. The number of hydrogen-bond donors (Lipinski definition) is 0. The molecule has 0 atom stereocenters. The van der Waals surface area contributed by atoms with Crippen LogP contribution in [0.15, 0.2) is 12.1 Å². The van der Waals surface area contributed by atoms with Gasteiger partial charge in [-0.15, -0.1) is 0 Å². The van der Waals surface area contributed by atoms with Crippen molar-refractivity contribution < 1.29 is 18.3 Å². The van der Waals surface area contributed by atoms with E-state index in [1.807, 2.05) is 0 Å². The number of benzene rings is 1. The van der Waals surface area contributed by atoms with E-state index in [0.29, 0.717) is 5.75 Å². The van der Waals surface area contributed by atoms with Gasteiger partial charge in [-0.2, -0.15) is 0 Å². The molecule has 0 spiro atoms. The second-order valence-electron chi connectivity index (χ2n) is 3.41. The molecule has 84 valence electrons. The monoisotopic (exact) mass is 216 g/mol. The highest BCUT2D eigenvalue weighted by atomic mass is 19.3. The second-order valence-corrected chi connectivity index (χ2v) is 3.41. The van der Waals surface area contributed by atoms with E-state index >= 15 is 0 Å². The molecule has 0 radical (unpaired) electrons. The Morgan fingerprint density at radius 2 is 1.60 bits per heavy atom. The number of ether oxygens (including phenoxy) is 2. The third-order valence-electron chi connectivity index (χ3n) is 2.19. The molecule has 0 heterocycles. The first-order valence-electron chi connectivity index (χ1n) is 4.51. The topological polar surface area (TPSA) is 18.5 Å². The van der Waals surface area contributed by atoms with Gasteiger partial charge in [0.2, 0.25) is 0 Å². The third kappa shape index (κ3) is 2.37. The van der Waals surface area contributed by atoms with Gasteiger partial charge >= 0.3 is 0 Å². The van der Waals surface area contributed by atoms with E-state index in [0.717, 1.165) is 12.5 Å². The van der Waals surface area contributed by atoms with Crippen LogP contribution in [-0.4, -0.2) is 14.2 Å². The molecule has 1 aromatic carbocycles. The summed E-state index contributed by atoms with van der Waals surface area (Å²) in [5, 5.41) is 0. The van der Waals surface area contributed by atoms with Gasteiger partial charge in [0.25, 0.3) is 5.92 Å². The minimum atomic E-state index is -2.94. The molecular formula is C11H14F2O2. The molecule has 2 nitrogen and oxygen atoms in total. The lowest BCUT2D eigenvalue weighted by molar-refractivity contribution is 0.0148. The molecule has 1 aromatic rings. The summed E-state index contributed by atoms with van der Waals surface area (Å²) in [5.74, 6) is -2.32.